The molecule has 23 heavy (non-hydrogen) atoms. The smallest absolute Gasteiger partial charge is 0.154 e. The normalized spacial score (nSPS) is 10.3. The van der Waals surface area contributed by atoms with Crippen molar-refractivity contribution in [1.29, 1.82) is 0 Å². The molecule has 1 heterocycles. The van der Waals surface area contributed by atoms with Gasteiger partial charge in [-0.3, -0.25) is 0 Å². The summed E-state index contributed by atoms with van der Waals surface area (Å²) in [4.78, 5) is 0. The van der Waals surface area contributed by atoms with Gasteiger partial charge < -0.3 is 15.2 Å². The van der Waals surface area contributed by atoms with Crippen molar-refractivity contribution in [2.75, 3.05) is 20.0 Å². The summed E-state index contributed by atoms with van der Waals surface area (Å²) in [6.45, 7) is 0. The minimum absolute atomic E-state index is 0.396. The molecule has 0 bridgehead atoms. The first kappa shape index (κ1) is 14.8. The lowest BCUT2D eigenvalue weighted by Crippen LogP contribution is -1.98. The Morgan fingerprint density at radius 2 is 1.26 bits per heavy atom. The summed E-state index contributed by atoms with van der Waals surface area (Å²) in [5.74, 6) is 1.99. The van der Waals surface area contributed by atoms with Gasteiger partial charge in [-0.05, 0) is 48.0 Å². The van der Waals surface area contributed by atoms with Crippen LogP contribution in [0.25, 0.3) is 22.4 Å². The molecule has 2 N–H and O–H groups in total. The topological polar surface area (TPSA) is 70.3 Å². The van der Waals surface area contributed by atoms with E-state index in [0.29, 0.717) is 5.82 Å². The maximum Gasteiger partial charge on any atom is 0.154 e. The van der Waals surface area contributed by atoms with Crippen LogP contribution in [0.5, 0.6) is 11.5 Å². The Balaban J connectivity index is 2.00. The first-order valence-corrected chi connectivity index (χ1v) is 7.13. The van der Waals surface area contributed by atoms with Crippen molar-refractivity contribution >= 4 is 5.82 Å². The van der Waals surface area contributed by atoms with E-state index in [4.69, 9.17) is 15.2 Å². The van der Waals surface area contributed by atoms with Gasteiger partial charge in [-0.2, -0.15) is 0 Å². The second-order valence-electron chi connectivity index (χ2n) is 4.99. The summed E-state index contributed by atoms with van der Waals surface area (Å²) in [5.41, 5.74) is 9.51. The van der Waals surface area contributed by atoms with Crippen LogP contribution in [0.3, 0.4) is 0 Å². The van der Waals surface area contributed by atoms with Crippen LogP contribution in [0.15, 0.2) is 54.6 Å². The lowest BCUT2D eigenvalue weighted by Gasteiger charge is -2.08. The average Bonchev–Trinajstić information content (AvgIpc) is 2.62. The predicted octanol–water partition coefficient (Wildman–Crippen LogP) is 3.41. The van der Waals surface area contributed by atoms with Crippen LogP contribution >= 0.6 is 0 Å². The first-order chi connectivity index (χ1) is 11.2. The van der Waals surface area contributed by atoms with Gasteiger partial charge >= 0.3 is 0 Å². The molecule has 0 saturated carbocycles. The number of hydrogen-bond acceptors (Lipinski definition) is 5. The summed E-state index contributed by atoms with van der Waals surface area (Å²) < 4.78 is 10.4. The molecule has 5 heteroatoms. The van der Waals surface area contributed by atoms with Gasteiger partial charge in [0.25, 0.3) is 0 Å². The van der Waals surface area contributed by atoms with Crippen molar-refractivity contribution in [2.24, 2.45) is 0 Å². The summed E-state index contributed by atoms with van der Waals surface area (Å²) in [7, 11) is 3.28. The highest BCUT2D eigenvalue weighted by molar-refractivity contribution is 5.77. The average molecular weight is 307 g/mol. The van der Waals surface area contributed by atoms with E-state index in [2.05, 4.69) is 10.2 Å². The second-order valence-corrected chi connectivity index (χ2v) is 4.99. The van der Waals surface area contributed by atoms with Crippen LogP contribution in [-0.4, -0.2) is 24.4 Å². The molecule has 0 fully saturated rings. The minimum Gasteiger partial charge on any atom is -0.497 e. The van der Waals surface area contributed by atoms with Crippen LogP contribution in [-0.2, 0) is 0 Å². The molecular formula is C18H17N3O2. The lowest BCUT2D eigenvalue weighted by molar-refractivity contribution is 0.415. The Hall–Kier alpha value is -3.08. The van der Waals surface area contributed by atoms with Gasteiger partial charge in [-0.25, -0.2) is 0 Å². The number of anilines is 1. The zero-order valence-corrected chi connectivity index (χ0v) is 13.0. The zero-order chi connectivity index (χ0) is 16.2. The number of nitrogens with zero attached hydrogens (tertiary/aromatic N) is 2. The Labute approximate surface area is 134 Å². The Kier molecular flexibility index (Phi) is 4.10. The highest BCUT2D eigenvalue weighted by atomic mass is 16.5. The van der Waals surface area contributed by atoms with Gasteiger partial charge in [0, 0.05) is 11.1 Å². The summed E-state index contributed by atoms with van der Waals surface area (Å²) in [6.07, 6.45) is 0. The molecule has 0 unspecified atom stereocenters. The Morgan fingerprint density at radius 1 is 0.739 bits per heavy atom. The maximum atomic E-state index is 5.99. The summed E-state index contributed by atoms with van der Waals surface area (Å²) >= 11 is 0. The number of methoxy groups -OCH3 is 2. The van der Waals surface area contributed by atoms with Crippen LogP contribution in [0.4, 0.5) is 5.82 Å². The molecule has 0 aliphatic heterocycles. The van der Waals surface area contributed by atoms with Crippen molar-refractivity contribution in [2.45, 2.75) is 0 Å². The third-order valence-corrected chi connectivity index (χ3v) is 3.61. The maximum absolute atomic E-state index is 5.99. The molecular weight excluding hydrogens is 290 g/mol. The third-order valence-electron chi connectivity index (χ3n) is 3.61. The van der Waals surface area contributed by atoms with Crippen molar-refractivity contribution in [3.8, 4) is 33.9 Å². The quantitative estimate of drug-likeness (QED) is 0.800. The van der Waals surface area contributed by atoms with Crippen molar-refractivity contribution < 1.29 is 9.47 Å². The van der Waals surface area contributed by atoms with Crippen molar-refractivity contribution in [3.05, 3.63) is 54.6 Å². The lowest BCUT2D eigenvalue weighted by atomic mass is 10.0. The molecule has 116 valence electrons. The SMILES string of the molecule is COc1ccc(-c2cc(-c3ccc(OC)cc3)c(N)nn2)cc1. The zero-order valence-electron chi connectivity index (χ0n) is 13.0. The van der Waals surface area contributed by atoms with Gasteiger partial charge in [-0.15, -0.1) is 10.2 Å². The van der Waals surface area contributed by atoms with Crippen molar-refractivity contribution in [1.82, 2.24) is 10.2 Å². The summed E-state index contributed by atoms with van der Waals surface area (Å²) in [6, 6.07) is 17.3. The largest absolute Gasteiger partial charge is 0.497 e. The van der Waals surface area contributed by atoms with Gasteiger partial charge in [0.15, 0.2) is 5.82 Å². The fraction of sp³-hybridized carbons (Fsp3) is 0.111. The third kappa shape index (κ3) is 3.08. The number of nitrogens with two attached hydrogens (primary N) is 1. The first-order valence-electron chi connectivity index (χ1n) is 7.13. The van der Waals surface area contributed by atoms with E-state index in [-0.39, 0.29) is 0 Å². The molecule has 0 aliphatic rings. The Morgan fingerprint density at radius 3 is 1.78 bits per heavy atom. The predicted molar refractivity (Wildman–Crippen MR) is 90.4 cm³/mol. The molecule has 0 amide bonds. The highest BCUT2D eigenvalue weighted by Gasteiger charge is 2.09. The number of rotatable bonds is 4. The molecule has 5 nitrogen and oxygen atoms in total. The van der Waals surface area contributed by atoms with Gasteiger partial charge in [0.2, 0.25) is 0 Å². The van der Waals surface area contributed by atoms with Crippen LogP contribution in [0.2, 0.25) is 0 Å². The van der Waals surface area contributed by atoms with Crippen LogP contribution in [0, 0.1) is 0 Å². The molecule has 3 aromatic rings. The van der Waals surface area contributed by atoms with E-state index in [1.807, 2.05) is 54.6 Å². The van der Waals surface area contributed by atoms with E-state index in [9.17, 15) is 0 Å². The standard InChI is InChI=1S/C18H17N3O2/c1-22-14-7-3-12(4-8-14)16-11-17(20-21-18(16)19)13-5-9-15(23-2)10-6-13/h3-11H,1-2H3,(H2,19,21). The van der Waals surface area contributed by atoms with Crippen molar-refractivity contribution in [3.63, 3.8) is 0 Å². The molecule has 3 rings (SSSR count). The highest BCUT2D eigenvalue weighted by Crippen LogP contribution is 2.29. The molecule has 2 aromatic carbocycles. The van der Waals surface area contributed by atoms with E-state index in [1.54, 1.807) is 14.2 Å². The number of benzene rings is 2. The van der Waals surface area contributed by atoms with E-state index in [1.165, 1.54) is 0 Å². The van der Waals surface area contributed by atoms with Gasteiger partial charge in [0.05, 0.1) is 19.9 Å². The number of nitrogen functional groups attached to an aromatic ring is 1. The monoisotopic (exact) mass is 307 g/mol. The molecule has 0 aliphatic carbocycles. The fourth-order valence-electron chi connectivity index (χ4n) is 2.31. The van der Waals surface area contributed by atoms with Crippen LogP contribution < -0.4 is 15.2 Å². The Bertz CT molecular complexity index is 800. The molecule has 0 spiro atoms. The number of ether oxygens (including phenoxy) is 2. The van der Waals surface area contributed by atoms with Crippen LogP contribution in [0.1, 0.15) is 0 Å². The number of aromatic nitrogens is 2. The second kappa shape index (κ2) is 6.36. The van der Waals surface area contributed by atoms with E-state index >= 15 is 0 Å². The molecule has 0 atom stereocenters. The number of hydrogen-bond donors (Lipinski definition) is 1. The van der Waals surface area contributed by atoms with E-state index < -0.39 is 0 Å². The molecule has 0 radical (unpaired) electrons. The van der Waals surface area contributed by atoms with Gasteiger partial charge in [0.1, 0.15) is 11.5 Å². The molecule has 0 saturated heterocycles. The molecule has 1 aromatic heterocycles. The minimum atomic E-state index is 0.396. The van der Waals surface area contributed by atoms with Gasteiger partial charge in [-0.1, -0.05) is 12.1 Å². The van der Waals surface area contributed by atoms with E-state index in [0.717, 1.165) is 33.9 Å². The summed E-state index contributed by atoms with van der Waals surface area (Å²) in [5, 5.41) is 8.27. The fourth-order valence-corrected chi connectivity index (χ4v) is 2.31.